The molecule has 0 bridgehead atoms. The van der Waals surface area contributed by atoms with Crippen LogP contribution in [0.15, 0.2) is 30.3 Å². The number of para-hydroxylation sites is 1. The maximum Gasteiger partial charge on any atom is 0.270 e. The number of rotatable bonds is 6. The fraction of sp³-hybridized carbons (Fsp3) is 0.333. The van der Waals surface area contributed by atoms with Crippen molar-refractivity contribution in [2.45, 2.75) is 6.42 Å². The van der Waals surface area contributed by atoms with Crippen LogP contribution in [0.1, 0.15) is 16.9 Å². The molecule has 5 nitrogen and oxygen atoms in total. The van der Waals surface area contributed by atoms with E-state index in [-0.39, 0.29) is 5.91 Å². The molecule has 0 fully saturated rings. The van der Waals surface area contributed by atoms with Crippen molar-refractivity contribution >= 4 is 16.8 Å². The van der Waals surface area contributed by atoms with Crippen LogP contribution in [0.5, 0.6) is 5.75 Å². The van der Waals surface area contributed by atoms with Crippen LogP contribution in [0.25, 0.3) is 10.9 Å². The zero-order valence-corrected chi connectivity index (χ0v) is 11.7. The van der Waals surface area contributed by atoms with Gasteiger partial charge in [0.05, 0.1) is 12.6 Å². The Morgan fingerprint density at radius 3 is 2.85 bits per heavy atom. The van der Waals surface area contributed by atoms with Gasteiger partial charge in [0.25, 0.3) is 5.91 Å². The Labute approximate surface area is 117 Å². The molecule has 0 radical (unpaired) electrons. The van der Waals surface area contributed by atoms with Crippen molar-refractivity contribution in [1.29, 1.82) is 0 Å². The Morgan fingerprint density at radius 1 is 1.30 bits per heavy atom. The Morgan fingerprint density at radius 2 is 2.10 bits per heavy atom. The molecule has 5 heteroatoms. The standard InChI is InChI=1S/C15H18N2O3/c1-19-9-5-8-16-15(18)13-10-14(20-2)11-6-3-4-7-12(11)17-13/h3-4,6-7,10H,5,8-9H2,1-2H3,(H,16,18). The van der Waals surface area contributed by atoms with Gasteiger partial charge in [-0.25, -0.2) is 4.98 Å². The molecule has 0 saturated carbocycles. The molecule has 106 valence electrons. The van der Waals surface area contributed by atoms with E-state index >= 15 is 0 Å². The van der Waals surface area contributed by atoms with Crippen LogP contribution in [-0.2, 0) is 4.74 Å². The molecule has 2 aromatic rings. The molecular formula is C15H18N2O3. The summed E-state index contributed by atoms with van der Waals surface area (Å²) in [6.45, 7) is 1.18. The van der Waals surface area contributed by atoms with Gasteiger partial charge in [0, 0.05) is 31.7 Å². The molecule has 0 spiro atoms. The molecule has 0 unspecified atom stereocenters. The Balaban J connectivity index is 2.19. The van der Waals surface area contributed by atoms with Gasteiger partial charge < -0.3 is 14.8 Å². The first-order valence-corrected chi connectivity index (χ1v) is 6.47. The van der Waals surface area contributed by atoms with Crippen LogP contribution in [0, 0.1) is 0 Å². The van der Waals surface area contributed by atoms with E-state index in [0.29, 0.717) is 24.6 Å². The normalized spacial score (nSPS) is 10.5. The number of pyridine rings is 1. The first-order chi connectivity index (χ1) is 9.76. The molecule has 0 aliphatic carbocycles. The zero-order chi connectivity index (χ0) is 14.4. The molecule has 1 N–H and O–H groups in total. The van der Waals surface area contributed by atoms with E-state index in [9.17, 15) is 4.79 Å². The summed E-state index contributed by atoms with van der Waals surface area (Å²) in [7, 11) is 3.22. The van der Waals surface area contributed by atoms with Gasteiger partial charge in [-0.3, -0.25) is 4.79 Å². The SMILES string of the molecule is COCCCNC(=O)c1cc(OC)c2ccccc2n1. The minimum Gasteiger partial charge on any atom is -0.496 e. The van der Waals surface area contributed by atoms with E-state index < -0.39 is 0 Å². The van der Waals surface area contributed by atoms with Crippen LogP contribution < -0.4 is 10.1 Å². The average molecular weight is 274 g/mol. The second-order valence-corrected chi connectivity index (χ2v) is 4.33. The zero-order valence-electron chi connectivity index (χ0n) is 11.7. The maximum atomic E-state index is 12.0. The predicted molar refractivity (Wildman–Crippen MR) is 77.1 cm³/mol. The number of nitrogens with one attached hydrogen (secondary N) is 1. The number of aromatic nitrogens is 1. The van der Waals surface area contributed by atoms with Crippen molar-refractivity contribution in [3.05, 3.63) is 36.0 Å². The minimum absolute atomic E-state index is 0.204. The molecule has 1 aromatic carbocycles. The van der Waals surface area contributed by atoms with Gasteiger partial charge in [-0.1, -0.05) is 12.1 Å². The van der Waals surface area contributed by atoms with E-state index in [1.54, 1.807) is 20.3 Å². The van der Waals surface area contributed by atoms with Crippen LogP contribution in [0.2, 0.25) is 0 Å². The molecular weight excluding hydrogens is 256 g/mol. The number of fused-ring (bicyclic) bond motifs is 1. The van der Waals surface area contributed by atoms with Gasteiger partial charge in [0.1, 0.15) is 11.4 Å². The fourth-order valence-corrected chi connectivity index (χ4v) is 1.94. The fourth-order valence-electron chi connectivity index (χ4n) is 1.94. The predicted octanol–water partition coefficient (Wildman–Crippen LogP) is 2.01. The monoisotopic (exact) mass is 274 g/mol. The van der Waals surface area contributed by atoms with Crippen LogP contribution in [0.4, 0.5) is 0 Å². The van der Waals surface area contributed by atoms with Crippen LogP contribution in [0.3, 0.4) is 0 Å². The number of carbonyl (C=O) groups excluding carboxylic acids is 1. The Hall–Kier alpha value is -2.14. The number of benzene rings is 1. The van der Waals surface area contributed by atoms with Crippen molar-refractivity contribution in [1.82, 2.24) is 10.3 Å². The molecule has 20 heavy (non-hydrogen) atoms. The summed E-state index contributed by atoms with van der Waals surface area (Å²) in [5.41, 5.74) is 1.10. The van der Waals surface area contributed by atoms with Gasteiger partial charge in [-0.15, -0.1) is 0 Å². The lowest BCUT2D eigenvalue weighted by Crippen LogP contribution is -2.26. The van der Waals surface area contributed by atoms with E-state index in [4.69, 9.17) is 9.47 Å². The number of hydrogen-bond acceptors (Lipinski definition) is 4. The summed E-state index contributed by atoms with van der Waals surface area (Å²) in [6.07, 6.45) is 0.771. The van der Waals surface area contributed by atoms with Gasteiger partial charge in [-0.2, -0.15) is 0 Å². The highest BCUT2D eigenvalue weighted by Gasteiger charge is 2.11. The number of methoxy groups -OCH3 is 2. The minimum atomic E-state index is -0.204. The summed E-state index contributed by atoms with van der Waals surface area (Å²) in [4.78, 5) is 16.4. The molecule has 0 atom stereocenters. The van der Waals surface area contributed by atoms with E-state index in [2.05, 4.69) is 10.3 Å². The first-order valence-electron chi connectivity index (χ1n) is 6.47. The molecule has 2 rings (SSSR count). The topological polar surface area (TPSA) is 60.5 Å². The lowest BCUT2D eigenvalue weighted by atomic mass is 10.1. The molecule has 0 aliphatic rings. The number of carbonyl (C=O) groups is 1. The lowest BCUT2D eigenvalue weighted by Gasteiger charge is -2.09. The Bertz CT molecular complexity index is 599. The van der Waals surface area contributed by atoms with Gasteiger partial charge in [0.2, 0.25) is 0 Å². The van der Waals surface area contributed by atoms with Crippen LogP contribution in [-0.4, -0.2) is 38.3 Å². The Kier molecular flexibility index (Phi) is 4.90. The molecule has 0 aliphatic heterocycles. The maximum absolute atomic E-state index is 12.0. The largest absolute Gasteiger partial charge is 0.496 e. The highest BCUT2D eigenvalue weighted by molar-refractivity contribution is 5.96. The lowest BCUT2D eigenvalue weighted by molar-refractivity contribution is 0.0943. The highest BCUT2D eigenvalue weighted by Crippen LogP contribution is 2.24. The van der Waals surface area contributed by atoms with Gasteiger partial charge in [0.15, 0.2) is 0 Å². The number of nitrogens with zero attached hydrogens (tertiary/aromatic N) is 1. The van der Waals surface area contributed by atoms with Crippen LogP contribution >= 0.6 is 0 Å². The van der Waals surface area contributed by atoms with Gasteiger partial charge >= 0.3 is 0 Å². The molecule has 1 heterocycles. The summed E-state index contributed by atoms with van der Waals surface area (Å²) in [5.74, 6) is 0.447. The molecule has 0 saturated heterocycles. The summed E-state index contributed by atoms with van der Waals surface area (Å²) < 4.78 is 10.3. The molecule has 1 amide bonds. The van der Waals surface area contributed by atoms with Crippen molar-refractivity contribution in [3.63, 3.8) is 0 Å². The summed E-state index contributed by atoms with van der Waals surface area (Å²) in [6, 6.07) is 9.24. The van der Waals surface area contributed by atoms with Crippen molar-refractivity contribution in [3.8, 4) is 5.75 Å². The first kappa shape index (κ1) is 14.3. The summed E-state index contributed by atoms with van der Waals surface area (Å²) >= 11 is 0. The van der Waals surface area contributed by atoms with E-state index in [1.165, 1.54) is 0 Å². The van der Waals surface area contributed by atoms with Crippen molar-refractivity contribution in [2.24, 2.45) is 0 Å². The van der Waals surface area contributed by atoms with Crippen molar-refractivity contribution < 1.29 is 14.3 Å². The second kappa shape index (κ2) is 6.86. The quantitative estimate of drug-likeness (QED) is 0.819. The number of ether oxygens (including phenoxy) is 2. The third-order valence-electron chi connectivity index (χ3n) is 2.94. The molecule has 1 aromatic heterocycles. The number of amides is 1. The van der Waals surface area contributed by atoms with E-state index in [1.807, 2.05) is 24.3 Å². The smallest absolute Gasteiger partial charge is 0.270 e. The second-order valence-electron chi connectivity index (χ2n) is 4.33. The van der Waals surface area contributed by atoms with Gasteiger partial charge in [-0.05, 0) is 18.6 Å². The highest BCUT2D eigenvalue weighted by atomic mass is 16.5. The third kappa shape index (κ3) is 3.24. The summed E-state index contributed by atoms with van der Waals surface area (Å²) in [5, 5.41) is 3.71. The van der Waals surface area contributed by atoms with E-state index in [0.717, 1.165) is 17.3 Å². The third-order valence-corrected chi connectivity index (χ3v) is 2.94. The van der Waals surface area contributed by atoms with Crippen molar-refractivity contribution in [2.75, 3.05) is 27.4 Å². The average Bonchev–Trinajstić information content (AvgIpc) is 2.50. The number of hydrogen-bond donors (Lipinski definition) is 1.